The molecule has 0 aliphatic rings. The molecule has 0 aliphatic heterocycles. The monoisotopic (exact) mass is 269 g/mol. The Hall–Kier alpha value is -1.95. The summed E-state index contributed by atoms with van der Waals surface area (Å²) in [6, 6.07) is 4.82. The lowest BCUT2D eigenvalue weighted by atomic mass is 10.0. The second-order valence-electron chi connectivity index (χ2n) is 4.25. The number of aliphatic hydroxyl groups is 1. The standard InChI is InChI=1S/C13H16FNO4/c1-8(15-11(16)5-6-12(17)18)13(19)9-3-2-4-10(14)7-9/h2-4,7-8,13,19H,5-6H2,1H3,(H,15,16)(H,17,18). The van der Waals surface area contributed by atoms with Crippen LogP contribution in [0.25, 0.3) is 0 Å². The van der Waals surface area contributed by atoms with Crippen molar-refractivity contribution in [3.05, 3.63) is 35.6 Å². The highest BCUT2D eigenvalue weighted by atomic mass is 19.1. The van der Waals surface area contributed by atoms with Crippen LogP contribution in [0.3, 0.4) is 0 Å². The first-order valence-corrected chi connectivity index (χ1v) is 5.85. The molecule has 5 nitrogen and oxygen atoms in total. The number of halogens is 1. The molecule has 1 rings (SSSR count). The minimum absolute atomic E-state index is 0.157. The topological polar surface area (TPSA) is 86.6 Å². The first kappa shape index (κ1) is 15.1. The van der Waals surface area contributed by atoms with E-state index in [1.807, 2.05) is 0 Å². The Morgan fingerprint density at radius 1 is 1.37 bits per heavy atom. The fourth-order valence-electron chi connectivity index (χ4n) is 1.60. The van der Waals surface area contributed by atoms with Gasteiger partial charge in [-0.2, -0.15) is 0 Å². The summed E-state index contributed by atoms with van der Waals surface area (Å²) in [6.45, 7) is 1.56. The van der Waals surface area contributed by atoms with Crippen LogP contribution in [0.5, 0.6) is 0 Å². The molecule has 0 aromatic heterocycles. The van der Waals surface area contributed by atoms with E-state index in [4.69, 9.17) is 5.11 Å². The molecule has 19 heavy (non-hydrogen) atoms. The summed E-state index contributed by atoms with van der Waals surface area (Å²) >= 11 is 0. The number of carboxylic acid groups (broad SMARTS) is 1. The van der Waals surface area contributed by atoms with Crippen molar-refractivity contribution < 1.29 is 24.2 Å². The maximum Gasteiger partial charge on any atom is 0.303 e. The van der Waals surface area contributed by atoms with Crippen LogP contribution in [0.15, 0.2) is 24.3 Å². The third kappa shape index (κ3) is 5.05. The Morgan fingerprint density at radius 3 is 2.63 bits per heavy atom. The van der Waals surface area contributed by atoms with Crippen LogP contribution in [-0.2, 0) is 9.59 Å². The number of amides is 1. The Morgan fingerprint density at radius 2 is 2.05 bits per heavy atom. The van der Waals surface area contributed by atoms with Gasteiger partial charge in [-0.05, 0) is 24.6 Å². The average molecular weight is 269 g/mol. The summed E-state index contributed by atoms with van der Waals surface area (Å²) in [4.78, 5) is 21.7. The maximum atomic E-state index is 13.0. The highest BCUT2D eigenvalue weighted by Gasteiger charge is 2.19. The number of hydrogen-bond donors (Lipinski definition) is 3. The maximum absolute atomic E-state index is 13.0. The number of benzene rings is 1. The lowest BCUT2D eigenvalue weighted by molar-refractivity contribution is -0.139. The normalized spacial score (nSPS) is 13.6. The van der Waals surface area contributed by atoms with E-state index in [2.05, 4.69) is 5.32 Å². The summed E-state index contributed by atoms with van der Waals surface area (Å²) in [6.07, 6.45) is -1.48. The van der Waals surface area contributed by atoms with Crippen molar-refractivity contribution in [3.8, 4) is 0 Å². The molecule has 0 aliphatic carbocycles. The molecular weight excluding hydrogens is 253 g/mol. The van der Waals surface area contributed by atoms with E-state index in [-0.39, 0.29) is 12.8 Å². The molecule has 0 spiro atoms. The van der Waals surface area contributed by atoms with Crippen molar-refractivity contribution in [2.24, 2.45) is 0 Å². The van der Waals surface area contributed by atoms with Crippen LogP contribution < -0.4 is 5.32 Å². The number of aliphatic hydroxyl groups excluding tert-OH is 1. The molecule has 2 unspecified atom stereocenters. The third-order valence-electron chi connectivity index (χ3n) is 2.62. The first-order chi connectivity index (χ1) is 8.90. The van der Waals surface area contributed by atoms with Gasteiger partial charge in [0, 0.05) is 6.42 Å². The van der Waals surface area contributed by atoms with E-state index >= 15 is 0 Å². The van der Waals surface area contributed by atoms with Gasteiger partial charge in [-0.15, -0.1) is 0 Å². The number of carboxylic acids is 1. The van der Waals surface area contributed by atoms with Crippen molar-refractivity contribution in [2.75, 3.05) is 0 Å². The smallest absolute Gasteiger partial charge is 0.303 e. The summed E-state index contributed by atoms with van der Waals surface area (Å²) in [5.41, 5.74) is 0.353. The lowest BCUT2D eigenvalue weighted by Gasteiger charge is -2.20. The van der Waals surface area contributed by atoms with Gasteiger partial charge in [0.25, 0.3) is 0 Å². The van der Waals surface area contributed by atoms with Gasteiger partial charge in [-0.3, -0.25) is 9.59 Å². The average Bonchev–Trinajstić information content (AvgIpc) is 2.35. The SMILES string of the molecule is CC(NC(=O)CCC(=O)O)C(O)c1cccc(F)c1. The molecule has 3 N–H and O–H groups in total. The van der Waals surface area contributed by atoms with E-state index < -0.39 is 29.8 Å². The lowest BCUT2D eigenvalue weighted by Crippen LogP contribution is -2.37. The van der Waals surface area contributed by atoms with Crippen molar-refractivity contribution in [3.63, 3.8) is 0 Å². The van der Waals surface area contributed by atoms with Crippen molar-refractivity contribution in [1.29, 1.82) is 0 Å². The second kappa shape index (κ2) is 6.84. The number of carbonyl (C=O) groups excluding carboxylic acids is 1. The fourth-order valence-corrected chi connectivity index (χ4v) is 1.60. The molecule has 0 radical (unpaired) electrons. The molecule has 104 valence electrons. The van der Waals surface area contributed by atoms with Gasteiger partial charge in [0.15, 0.2) is 0 Å². The zero-order valence-corrected chi connectivity index (χ0v) is 10.5. The van der Waals surface area contributed by atoms with Crippen molar-refractivity contribution in [2.45, 2.75) is 31.9 Å². The molecule has 1 aromatic rings. The van der Waals surface area contributed by atoms with Crippen molar-refractivity contribution >= 4 is 11.9 Å². The number of carbonyl (C=O) groups is 2. The van der Waals surface area contributed by atoms with Gasteiger partial charge < -0.3 is 15.5 Å². The minimum atomic E-state index is -1.06. The molecule has 0 saturated heterocycles. The number of nitrogens with one attached hydrogen (secondary N) is 1. The van der Waals surface area contributed by atoms with E-state index in [1.165, 1.54) is 18.2 Å². The second-order valence-corrected chi connectivity index (χ2v) is 4.25. The number of aliphatic carboxylic acids is 1. The van der Waals surface area contributed by atoms with E-state index in [0.29, 0.717) is 5.56 Å². The molecule has 0 bridgehead atoms. The number of hydrogen-bond acceptors (Lipinski definition) is 3. The van der Waals surface area contributed by atoms with Crippen LogP contribution in [0.2, 0.25) is 0 Å². The third-order valence-corrected chi connectivity index (χ3v) is 2.62. The summed E-state index contributed by atoms with van der Waals surface area (Å²) < 4.78 is 13.0. The van der Waals surface area contributed by atoms with Gasteiger partial charge in [0.05, 0.1) is 18.6 Å². The van der Waals surface area contributed by atoms with E-state index in [0.717, 1.165) is 0 Å². The van der Waals surface area contributed by atoms with E-state index in [1.54, 1.807) is 13.0 Å². The molecule has 1 amide bonds. The van der Waals surface area contributed by atoms with Gasteiger partial charge in [-0.1, -0.05) is 12.1 Å². The molecule has 0 fully saturated rings. The molecule has 1 aromatic carbocycles. The predicted octanol–water partition coefficient (Wildman–Crippen LogP) is 1.23. The Labute approximate surface area is 110 Å². The fraction of sp³-hybridized carbons (Fsp3) is 0.385. The van der Waals surface area contributed by atoms with E-state index in [9.17, 15) is 19.1 Å². The van der Waals surface area contributed by atoms with Crippen LogP contribution >= 0.6 is 0 Å². The summed E-state index contributed by atoms with van der Waals surface area (Å²) in [5, 5.41) is 20.9. The van der Waals surface area contributed by atoms with Gasteiger partial charge in [0.2, 0.25) is 5.91 Å². The van der Waals surface area contributed by atoms with Crippen LogP contribution in [0, 0.1) is 5.82 Å². The van der Waals surface area contributed by atoms with Crippen LogP contribution in [-0.4, -0.2) is 28.1 Å². The van der Waals surface area contributed by atoms with Gasteiger partial charge >= 0.3 is 5.97 Å². The molecular formula is C13H16FNO4. The Bertz CT molecular complexity index is 464. The first-order valence-electron chi connectivity index (χ1n) is 5.85. The largest absolute Gasteiger partial charge is 0.481 e. The zero-order chi connectivity index (χ0) is 14.4. The Kier molecular flexibility index (Phi) is 5.44. The van der Waals surface area contributed by atoms with Gasteiger partial charge in [0.1, 0.15) is 5.82 Å². The molecule has 6 heteroatoms. The molecule has 2 atom stereocenters. The predicted molar refractivity (Wildman–Crippen MR) is 65.8 cm³/mol. The zero-order valence-electron chi connectivity index (χ0n) is 10.5. The summed E-state index contributed by atoms with van der Waals surface area (Å²) in [5.74, 6) is -2.00. The minimum Gasteiger partial charge on any atom is -0.481 e. The number of rotatable bonds is 6. The highest BCUT2D eigenvalue weighted by Crippen LogP contribution is 2.17. The van der Waals surface area contributed by atoms with Gasteiger partial charge in [-0.25, -0.2) is 4.39 Å². The van der Waals surface area contributed by atoms with Crippen LogP contribution in [0.1, 0.15) is 31.4 Å². The highest BCUT2D eigenvalue weighted by molar-refractivity contribution is 5.80. The molecule has 0 heterocycles. The van der Waals surface area contributed by atoms with Crippen molar-refractivity contribution in [1.82, 2.24) is 5.32 Å². The Balaban J connectivity index is 2.55. The quantitative estimate of drug-likeness (QED) is 0.725. The summed E-state index contributed by atoms with van der Waals surface area (Å²) in [7, 11) is 0. The molecule has 0 saturated carbocycles. The van der Waals surface area contributed by atoms with Crippen LogP contribution in [0.4, 0.5) is 4.39 Å².